The molecular weight excluding hydrogens is 458 g/mol. The van der Waals surface area contributed by atoms with Gasteiger partial charge >= 0.3 is 12.0 Å². The number of benzene rings is 1. The second-order valence-electron chi connectivity index (χ2n) is 9.28. The molecule has 198 valence electrons. The third-order valence-electron chi connectivity index (χ3n) is 6.13. The Labute approximate surface area is 207 Å². The monoisotopic (exact) mass is 498 g/mol. The molecule has 1 aromatic carbocycles. The van der Waals surface area contributed by atoms with Gasteiger partial charge in [-0.2, -0.15) is 0 Å². The average Bonchev–Trinajstić information content (AvgIpc) is 2.81. The van der Waals surface area contributed by atoms with Crippen LogP contribution in [0.2, 0.25) is 0 Å². The summed E-state index contributed by atoms with van der Waals surface area (Å²) in [4.78, 5) is 25.8. The second kappa shape index (κ2) is 14.9. The van der Waals surface area contributed by atoms with Crippen molar-refractivity contribution >= 4 is 12.0 Å². The van der Waals surface area contributed by atoms with Crippen molar-refractivity contribution in [2.24, 2.45) is 0 Å². The molecule has 2 rings (SSSR count). The second-order valence-corrected chi connectivity index (χ2v) is 9.28. The number of carbonyl (C=O) groups excluding carboxylic acids is 1. The topological polar surface area (TPSA) is 88.1 Å². The lowest BCUT2D eigenvalue weighted by atomic mass is 9.96. The summed E-state index contributed by atoms with van der Waals surface area (Å²) in [5, 5.41) is 12.3. The SMILES string of the molecule is CCOC(Cc1ccc(OCCN(CCCCC(C)(F)F)C(=O)NC2CCCCC2)cc1)C(=O)O. The molecule has 0 spiro atoms. The molecule has 1 fully saturated rings. The molecular formula is C26H40F2N2O5. The summed E-state index contributed by atoms with van der Waals surface area (Å²) >= 11 is 0. The Bertz CT molecular complexity index is 764. The molecule has 0 radical (unpaired) electrons. The number of unbranched alkanes of at least 4 members (excludes halogenated alkanes) is 1. The quantitative estimate of drug-likeness (QED) is 0.322. The van der Waals surface area contributed by atoms with Crippen LogP contribution < -0.4 is 10.1 Å². The molecule has 2 N–H and O–H groups in total. The molecule has 1 atom stereocenters. The highest BCUT2D eigenvalue weighted by atomic mass is 19.3. The first-order chi connectivity index (χ1) is 16.7. The number of urea groups is 1. The van der Waals surface area contributed by atoms with Crippen LogP contribution in [-0.2, 0) is 16.0 Å². The molecule has 1 unspecified atom stereocenters. The number of rotatable bonds is 15. The molecule has 0 aromatic heterocycles. The molecule has 1 aromatic rings. The van der Waals surface area contributed by atoms with E-state index in [1.807, 2.05) is 0 Å². The number of carboxylic acids is 1. The highest BCUT2D eigenvalue weighted by molar-refractivity contribution is 5.74. The Morgan fingerprint density at radius 3 is 2.43 bits per heavy atom. The van der Waals surface area contributed by atoms with Gasteiger partial charge in [0.15, 0.2) is 6.10 Å². The van der Waals surface area contributed by atoms with Crippen LogP contribution in [0.4, 0.5) is 13.6 Å². The molecule has 35 heavy (non-hydrogen) atoms. The summed E-state index contributed by atoms with van der Waals surface area (Å²) in [5.41, 5.74) is 0.819. The van der Waals surface area contributed by atoms with Gasteiger partial charge in [0.25, 0.3) is 0 Å². The van der Waals surface area contributed by atoms with Crippen molar-refractivity contribution in [3.05, 3.63) is 29.8 Å². The summed E-state index contributed by atoms with van der Waals surface area (Å²) in [6.45, 7) is 3.99. The summed E-state index contributed by atoms with van der Waals surface area (Å²) < 4.78 is 37.3. The smallest absolute Gasteiger partial charge is 0.333 e. The van der Waals surface area contributed by atoms with E-state index in [1.54, 1.807) is 36.1 Å². The Hall–Kier alpha value is -2.42. The highest BCUT2D eigenvalue weighted by Crippen LogP contribution is 2.21. The number of nitrogens with one attached hydrogen (secondary N) is 1. The number of ether oxygens (including phenoxy) is 2. The number of carboxylic acid groups (broad SMARTS) is 1. The number of halogens is 2. The van der Waals surface area contributed by atoms with E-state index in [0.29, 0.717) is 38.3 Å². The molecule has 0 bridgehead atoms. The van der Waals surface area contributed by atoms with Gasteiger partial charge in [-0.1, -0.05) is 31.4 Å². The summed E-state index contributed by atoms with van der Waals surface area (Å²) in [6.07, 6.45) is 5.36. The number of hydrogen-bond acceptors (Lipinski definition) is 4. The third-order valence-corrected chi connectivity index (χ3v) is 6.13. The van der Waals surface area contributed by atoms with Gasteiger partial charge in [-0.15, -0.1) is 0 Å². The van der Waals surface area contributed by atoms with Crippen molar-refractivity contribution in [3.8, 4) is 5.75 Å². The van der Waals surface area contributed by atoms with E-state index in [1.165, 1.54) is 6.42 Å². The van der Waals surface area contributed by atoms with Gasteiger partial charge in [0, 0.05) is 32.0 Å². The van der Waals surface area contributed by atoms with Crippen molar-refractivity contribution in [2.45, 2.75) is 89.7 Å². The van der Waals surface area contributed by atoms with Gasteiger partial charge in [-0.05, 0) is 57.2 Å². The van der Waals surface area contributed by atoms with E-state index < -0.39 is 18.0 Å². The average molecular weight is 499 g/mol. The van der Waals surface area contributed by atoms with E-state index in [0.717, 1.165) is 38.2 Å². The number of nitrogens with zero attached hydrogens (tertiary/aromatic N) is 1. The summed E-state index contributed by atoms with van der Waals surface area (Å²) in [7, 11) is 0. The van der Waals surface area contributed by atoms with Crippen molar-refractivity contribution in [1.82, 2.24) is 10.2 Å². The predicted molar refractivity (Wildman–Crippen MR) is 130 cm³/mol. The zero-order valence-electron chi connectivity index (χ0n) is 20.9. The van der Waals surface area contributed by atoms with E-state index in [-0.39, 0.29) is 31.5 Å². The van der Waals surface area contributed by atoms with Crippen LogP contribution in [0.5, 0.6) is 5.75 Å². The first kappa shape index (κ1) is 28.8. The lowest BCUT2D eigenvalue weighted by Gasteiger charge is -2.28. The lowest BCUT2D eigenvalue weighted by Crippen LogP contribution is -2.47. The summed E-state index contributed by atoms with van der Waals surface area (Å²) in [6, 6.07) is 7.10. The van der Waals surface area contributed by atoms with Gasteiger partial charge in [-0.25, -0.2) is 18.4 Å². The maximum atomic E-state index is 13.1. The van der Waals surface area contributed by atoms with E-state index in [4.69, 9.17) is 9.47 Å². The maximum absolute atomic E-state index is 13.1. The Balaban J connectivity index is 1.86. The van der Waals surface area contributed by atoms with Crippen LogP contribution in [0.15, 0.2) is 24.3 Å². The van der Waals surface area contributed by atoms with Crippen LogP contribution in [-0.4, -0.2) is 66.4 Å². The molecule has 1 saturated carbocycles. The molecule has 0 saturated heterocycles. The normalized spacial score (nSPS) is 15.4. The molecule has 7 nitrogen and oxygen atoms in total. The number of hydrogen-bond donors (Lipinski definition) is 2. The lowest BCUT2D eigenvalue weighted by molar-refractivity contribution is -0.149. The first-order valence-corrected chi connectivity index (χ1v) is 12.7. The Morgan fingerprint density at radius 1 is 1.14 bits per heavy atom. The minimum absolute atomic E-state index is 0.165. The molecule has 2 amide bonds. The van der Waals surface area contributed by atoms with E-state index >= 15 is 0 Å². The fraction of sp³-hybridized carbons (Fsp3) is 0.692. The van der Waals surface area contributed by atoms with Crippen LogP contribution >= 0.6 is 0 Å². The van der Waals surface area contributed by atoms with Gasteiger partial charge in [0.1, 0.15) is 12.4 Å². The number of aliphatic carboxylic acids is 1. The van der Waals surface area contributed by atoms with Crippen molar-refractivity contribution < 1.29 is 33.0 Å². The van der Waals surface area contributed by atoms with Crippen LogP contribution in [0.3, 0.4) is 0 Å². The highest BCUT2D eigenvalue weighted by Gasteiger charge is 2.22. The van der Waals surface area contributed by atoms with Crippen LogP contribution in [0.25, 0.3) is 0 Å². The van der Waals surface area contributed by atoms with Crippen molar-refractivity contribution in [3.63, 3.8) is 0 Å². The minimum atomic E-state index is -2.70. The Morgan fingerprint density at radius 2 is 1.83 bits per heavy atom. The van der Waals surface area contributed by atoms with Crippen LogP contribution in [0.1, 0.15) is 70.8 Å². The van der Waals surface area contributed by atoms with Crippen molar-refractivity contribution in [1.29, 1.82) is 0 Å². The Kier molecular flexibility index (Phi) is 12.2. The van der Waals surface area contributed by atoms with Gasteiger partial charge in [0.2, 0.25) is 5.92 Å². The van der Waals surface area contributed by atoms with E-state index in [9.17, 15) is 23.5 Å². The molecule has 1 aliphatic rings. The minimum Gasteiger partial charge on any atom is -0.492 e. The maximum Gasteiger partial charge on any atom is 0.333 e. The largest absolute Gasteiger partial charge is 0.492 e. The zero-order valence-corrected chi connectivity index (χ0v) is 20.9. The fourth-order valence-electron chi connectivity index (χ4n) is 4.19. The van der Waals surface area contributed by atoms with Gasteiger partial charge < -0.3 is 24.8 Å². The van der Waals surface area contributed by atoms with Gasteiger partial charge in [0.05, 0.1) is 6.54 Å². The number of carbonyl (C=O) groups is 2. The molecule has 9 heteroatoms. The first-order valence-electron chi connectivity index (χ1n) is 12.7. The molecule has 1 aliphatic carbocycles. The molecule has 0 aliphatic heterocycles. The number of amides is 2. The summed E-state index contributed by atoms with van der Waals surface area (Å²) in [5.74, 6) is -3.09. The number of alkyl halides is 2. The fourth-order valence-corrected chi connectivity index (χ4v) is 4.19. The molecule has 0 heterocycles. The van der Waals surface area contributed by atoms with Crippen LogP contribution in [0, 0.1) is 0 Å². The predicted octanol–water partition coefficient (Wildman–Crippen LogP) is 5.27. The standard InChI is InChI=1S/C26H40F2N2O5/c1-3-34-23(24(31)32)19-20-11-13-22(14-12-20)35-18-17-30(16-8-7-15-26(2,27)28)25(33)29-21-9-5-4-6-10-21/h11-14,21,23H,3-10,15-19H2,1-2H3,(H,29,33)(H,31,32). The third kappa shape index (κ3) is 11.7. The van der Waals surface area contributed by atoms with Gasteiger partial charge in [-0.3, -0.25) is 0 Å². The van der Waals surface area contributed by atoms with E-state index in [2.05, 4.69) is 5.32 Å². The van der Waals surface area contributed by atoms with Crippen molar-refractivity contribution in [2.75, 3.05) is 26.3 Å². The zero-order chi connectivity index (χ0) is 25.7.